The molecule has 8 heteroatoms. The molecule has 0 fully saturated rings. The van der Waals surface area contributed by atoms with E-state index in [1.807, 2.05) is 69.3 Å². The average molecular weight is 610 g/mol. The summed E-state index contributed by atoms with van der Waals surface area (Å²) in [5.41, 5.74) is 4.29. The van der Waals surface area contributed by atoms with Gasteiger partial charge < -0.3 is 23.7 Å². The number of nitrogens with zero attached hydrogens (tertiary/aromatic N) is 1. The molecular formula is C37H39NO7. The molecule has 3 aromatic carbocycles. The summed E-state index contributed by atoms with van der Waals surface area (Å²) in [6.45, 7) is 6.66. The molecule has 0 saturated carbocycles. The van der Waals surface area contributed by atoms with Gasteiger partial charge in [0.2, 0.25) is 5.78 Å². The Morgan fingerprint density at radius 1 is 0.911 bits per heavy atom. The number of hydrogen-bond donors (Lipinski definition) is 0. The van der Waals surface area contributed by atoms with Crippen LogP contribution in [0.4, 0.5) is 0 Å². The van der Waals surface area contributed by atoms with Crippen molar-refractivity contribution >= 4 is 11.8 Å². The first-order chi connectivity index (χ1) is 21.6. The molecule has 1 aromatic heterocycles. The number of carbonyl (C=O) groups excluding carboxylic acids is 2. The summed E-state index contributed by atoms with van der Waals surface area (Å²) in [6.07, 6.45) is 2.46. The summed E-state index contributed by atoms with van der Waals surface area (Å²) in [5, 5.41) is 0. The van der Waals surface area contributed by atoms with Gasteiger partial charge in [-0.05, 0) is 91.1 Å². The third-order valence-electron chi connectivity index (χ3n) is 7.59. The smallest absolute Gasteiger partial charge is 0.307 e. The molecule has 0 bridgehead atoms. The van der Waals surface area contributed by atoms with Crippen molar-refractivity contribution < 1.29 is 33.3 Å². The van der Waals surface area contributed by atoms with Crippen LogP contribution in [0.3, 0.4) is 0 Å². The maximum absolute atomic E-state index is 14.3. The van der Waals surface area contributed by atoms with Crippen molar-refractivity contribution in [3.63, 3.8) is 0 Å². The Balaban J connectivity index is 1.48. The summed E-state index contributed by atoms with van der Waals surface area (Å²) in [7, 11) is 3.21. The molecule has 2 heterocycles. The molecule has 0 saturated heterocycles. The van der Waals surface area contributed by atoms with Gasteiger partial charge in [0.1, 0.15) is 28.5 Å². The lowest BCUT2D eigenvalue weighted by Gasteiger charge is -2.24. The van der Waals surface area contributed by atoms with E-state index in [1.54, 1.807) is 44.7 Å². The number of aromatic nitrogens is 1. The Labute approximate surface area is 264 Å². The van der Waals surface area contributed by atoms with Crippen molar-refractivity contribution in [3.8, 4) is 17.2 Å². The summed E-state index contributed by atoms with van der Waals surface area (Å²) in [5.74, 6) is 1.04. The third-order valence-corrected chi connectivity index (χ3v) is 7.59. The van der Waals surface area contributed by atoms with E-state index in [0.717, 1.165) is 34.6 Å². The second-order valence-electron chi connectivity index (χ2n) is 11.9. The van der Waals surface area contributed by atoms with Gasteiger partial charge >= 0.3 is 5.97 Å². The van der Waals surface area contributed by atoms with Crippen LogP contribution >= 0.6 is 0 Å². The van der Waals surface area contributed by atoms with Gasteiger partial charge in [-0.1, -0.05) is 30.3 Å². The van der Waals surface area contributed by atoms with E-state index < -0.39 is 11.5 Å². The lowest BCUT2D eigenvalue weighted by molar-refractivity contribution is -0.155. The molecule has 8 nitrogen and oxygen atoms in total. The highest BCUT2D eigenvalue weighted by Gasteiger charge is 2.29. The molecule has 45 heavy (non-hydrogen) atoms. The lowest BCUT2D eigenvalue weighted by Crippen LogP contribution is -2.25. The SMILES string of the molecule is COc1ccc(COCc2cc(OC)ccc2C(=O)c2ncccc2[C@@H](CC(=O)OC(C)(C)C)c2ccc3c(c2)OCC3)cc1. The van der Waals surface area contributed by atoms with Crippen LogP contribution in [0, 0.1) is 0 Å². The normalized spacial score (nSPS) is 13.0. The molecule has 1 aliphatic rings. The van der Waals surface area contributed by atoms with Crippen LogP contribution in [0.2, 0.25) is 0 Å². The van der Waals surface area contributed by atoms with Gasteiger partial charge in [-0.15, -0.1) is 0 Å². The maximum atomic E-state index is 14.3. The largest absolute Gasteiger partial charge is 0.497 e. The fourth-order valence-corrected chi connectivity index (χ4v) is 5.41. The summed E-state index contributed by atoms with van der Waals surface area (Å²) in [6, 6.07) is 22.5. The first-order valence-electron chi connectivity index (χ1n) is 15.0. The number of pyridine rings is 1. The second kappa shape index (κ2) is 13.9. The minimum Gasteiger partial charge on any atom is -0.497 e. The highest BCUT2D eigenvalue weighted by Crippen LogP contribution is 2.36. The topological polar surface area (TPSA) is 93.2 Å². The van der Waals surface area contributed by atoms with E-state index in [1.165, 1.54) is 0 Å². The number of ether oxygens (including phenoxy) is 5. The highest BCUT2D eigenvalue weighted by atomic mass is 16.6. The monoisotopic (exact) mass is 609 g/mol. The van der Waals surface area contributed by atoms with Gasteiger partial charge in [0.25, 0.3) is 0 Å². The maximum Gasteiger partial charge on any atom is 0.307 e. The zero-order valence-corrected chi connectivity index (χ0v) is 26.4. The highest BCUT2D eigenvalue weighted by molar-refractivity contribution is 6.09. The molecule has 0 amide bonds. The Morgan fingerprint density at radius 2 is 1.67 bits per heavy atom. The standard InChI is InChI=1S/C37H39NO7/c1-37(2,3)45-34(39)21-32(26-11-10-25-16-18-44-33(25)20-26)31-7-6-17-38-35(31)36(40)30-15-14-29(42-5)19-27(30)23-43-22-24-8-12-28(41-4)13-9-24/h6-15,17,19-20,32H,16,18,21-23H2,1-5H3/t32-/m0/s1. The van der Waals surface area contributed by atoms with Gasteiger partial charge in [-0.2, -0.15) is 0 Å². The average Bonchev–Trinajstić information content (AvgIpc) is 3.51. The Hall–Kier alpha value is -4.69. The minimum atomic E-state index is -0.653. The van der Waals surface area contributed by atoms with Gasteiger partial charge in [0.05, 0.1) is 40.5 Å². The third kappa shape index (κ3) is 7.88. The fourth-order valence-electron chi connectivity index (χ4n) is 5.41. The van der Waals surface area contributed by atoms with E-state index in [4.69, 9.17) is 23.7 Å². The van der Waals surface area contributed by atoms with Crippen LogP contribution in [0.25, 0.3) is 0 Å². The zero-order chi connectivity index (χ0) is 32.0. The molecule has 0 aliphatic carbocycles. The van der Waals surface area contributed by atoms with Crippen LogP contribution in [0.1, 0.15) is 77.0 Å². The summed E-state index contributed by atoms with van der Waals surface area (Å²) in [4.78, 5) is 32.1. The summed E-state index contributed by atoms with van der Waals surface area (Å²) < 4.78 is 28.3. The van der Waals surface area contributed by atoms with Crippen LogP contribution in [0.15, 0.2) is 79.0 Å². The molecule has 1 atom stereocenters. The van der Waals surface area contributed by atoms with Crippen molar-refractivity contribution in [3.05, 3.63) is 118 Å². The molecule has 0 N–H and O–H groups in total. The van der Waals surface area contributed by atoms with Gasteiger partial charge in [0.15, 0.2) is 0 Å². The quantitative estimate of drug-likeness (QED) is 0.127. The first kappa shape index (κ1) is 31.7. The number of hydrogen-bond acceptors (Lipinski definition) is 8. The molecule has 0 unspecified atom stereocenters. The Morgan fingerprint density at radius 3 is 2.40 bits per heavy atom. The minimum absolute atomic E-state index is 0.0302. The van der Waals surface area contributed by atoms with E-state index in [-0.39, 0.29) is 30.5 Å². The number of benzene rings is 3. The molecule has 0 radical (unpaired) electrons. The number of esters is 1. The fraction of sp³-hybridized carbons (Fsp3) is 0.324. The summed E-state index contributed by atoms with van der Waals surface area (Å²) >= 11 is 0. The predicted molar refractivity (Wildman–Crippen MR) is 170 cm³/mol. The Kier molecular flexibility index (Phi) is 9.83. The van der Waals surface area contributed by atoms with Gasteiger partial charge in [-0.25, -0.2) is 0 Å². The van der Waals surface area contributed by atoms with Crippen LogP contribution < -0.4 is 14.2 Å². The van der Waals surface area contributed by atoms with Crippen LogP contribution in [-0.4, -0.2) is 43.2 Å². The van der Waals surface area contributed by atoms with Crippen LogP contribution in [-0.2, 0) is 33.9 Å². The zero-order valence-electron chi connectivity index (χ0n) is 26.4. The lowest BCUT2D eigenvalue weighted by atomic mass is 9.85. The molecule has 5 rings (SSSR count). The van der Waals surface area contributed by atoms with Gasteiger partial charge in [-0.3, -0.25) is 14.6 Å². The van der Waals surface area contributed by atoms with Gasteiger partial charge in [0, 0.05) is 24.1 Å². The number of carbonyl (C=O) groups is 2. The molecule has 4 aromatic rings. The van der Waals surface area contributed by atoms with Crippen LogP contribution in [0.5, 0.6) is 17.2 Å². The number of ketones is 1. The number of fused-ring (bicyclic) bond motifs is 1. The van der Waals surface area contributed by atoms with E-state index in [9.17, 15) is 9.59 Å². The molecular weight excluding hydrogens is 570 g/mol. The molecule has 234 valence electrons. The Bertz CT molecular complexity index is 1660. The van der Waals surface area contributed by atoms with Crippen molar-refractivity contribution in [2.24, 2.45) is 0 Å². The van der Waals surface area contributed by atoms with Crippen molar-refractivity contribution in [1.82, 2.24) is 4.98 Å². The first-order valence-corrected chi connectivity index (χ1v) is 15.0. The molecule has 0 spiro atoms. The second-order valence-corrected chi connectivity index (χ2v) is 11.9. The molecule has 1 aliphatic heterocycles. The van der Waals surface area contributed by atoms with Crippen molar-refractivity contribution in [2.75, 3.05) is 20.8 Å². The van der Waals surface area contributed by atoms with E-state index in [2.05, 4.69) is 4.98 Å². The van der Waals surface area contributed by atoms with E-state index in [0.29, 0.717) is 35.7 Å². The number of rotatable bonds is 12. The predicted octanol–water partition coefficient (Wildman–Crippen LogP) is 6.85. The van der Waals surface area contributed by atoms with Crippen molar-refractivity contribution in [1.29, 1.82) is 0 Å². The van der Waals surface area contributed by atoms with E-state index >= 15 is 0 Å². The van der Waals surface area contributed by atoms with Crippen molar-refractivity contribution in [2.45, 2.75) is 58.3 Å². The number of methoxy groups -OCH3 is 2.